The van der Waals surface area contributed by atoms with E-state index in [-0.39, 0.29) is 24.6 Å². The van der Waals surface area contributed by atoms with Gasteiger partial charge in [0, 0.05) is 5.56 Å². The summed E-state index contributed by atoms with van der Waals surface area (Å²) >= 11 is 0. The van der Waals surface area contributed by atoms with Crippen molar-refractivity contribution in [2.24, 2.45) is 0 Å². The number of amidine groups is 1. The number of alkyl carbamates (subject to hydrolysis) is 1. The molecule has 1 saturated heterocycles. The van der Waals surface area contributed by atoms with Crippen molar-refractivity contribution in [1.82, 2.24) is 5.32 Å². The summed E-state index contributed by atoms with van der Waals surface area (Å²) < 4.78 is 37.1. The molecule has 2 amide bonds. The lowest BCUT2D eigenvalue weighted by Crippen LogP contribution is -2.37. The molecule has 0 saturated carbocycles. The van der Waals surface area contributed by atoms with E-state index in [1.165, 1.54) is 4.90 Å². The minimum Gasteiger partial charge on any atom is -0.444 e. The number of para-hydroxylation sites is 1. The van der Waals surface area contributed by atoms with Crippen LogP contribution >= 0.6 is 0 Å². The van der Waals surface area contributed by atoms with Gasteiger partial charge in [0.25, 0.3) is 10.1 Å². The van der Waals surface area contributed by atoms with E-state index in [9.17, 15) is 18.0 Å². The molecule has 0 bridgehead atoms. The zero-order valence-electron chi connectivity index (χ0n) is 16.0. The monoisotopic (exact) mass is 413 g/mol. The number of carbonyl (C=O) groups is 2. The van der Waals surface area contributed by atoms with Crippen molar-refractivity contribution >= 4 is 33.8 Å². The van der Waals surface area contributed by atoms with Gasteiger partial charge in [-0.25, -0.2) is 9.59 Å². The summed E-state index contributed by atoms with van der Waals surface area (Å²) in [5.41, 5.74) is -0.124. The van der Waals surface area contributed by atoms with Gasteiger partial charge < -0.3 is 9.47 Å². The highest BCUT2D eigenvalue weighted by atomic mass is 32.2. The van der Waals surface area contributed by atoms with Crippen LogP contribution in [0.4, 0.5) is 15.3 Å². The number of hydrogen-bond donors (Lipinski definition) is 2. The van der Waals surface area contributed by atoms with Crippen molar-refractivity contribution in [3.63, 3.8) is 0 Å². The van der Waals surface area contributed by atoms with Crippen molar-refractivity contribution in [3.8, 4) is 0 Å². The van der Waals surface area contributed by atoms with Gasteiger partial charge >= 0.3 is 12.2 Å². The lowest BCUT2D eigenvalue weighted by Gasteiger charge is -2.21. The number of cyclic esters (lactones) is 1. The molecular formula is C17H23N3O7S. The molecule has 1 atom stereocenters. The van der Waals surface area contributed by atoms with Gasteiger partial charge in [-0.2, -0.15) is 8.42 Å². The number of hydrogen-bond acceptors (Lipinski definition) is 8. The summed E-state index contributed by atoms with van der Waals surface area (Å²) in [5.74, 6) is -0.256. The molecule has 2 N–H and O–H groups in total. The number of carbonyl (C=O) groups excluding carboxylic acids is 2. The first-order chi connectivity index (χ1) is 12.9. The Kier molecular flexibility index (Phi) is 6.30. The van der Waals surface area contributed by atoms with Gasteiger partial charge in [0.2, 0.25) is 0 Å². The number of ether oxygens (including phenoxy) is 2. The second kappa shape index (κ2) is 8.15. The average molecular weight is 413 g/mol. The zero-order valence-corrected chi connectivity index (χ0v) is 16.8. The maximum absolute atomic E-state index is 12.2. The highest BCUT2D eigenvalue weighted by molar-refractivity contribution is 7.85. The van der Waals surface area contributed by atoms with Gasteiger partial charge in [0.1, 0.15) is 24.1 Å². The van der Waals surface area contributed by atoms with Crippen LogP contribution in [0.25, 0.3) is 0 Å². The summed E-state index contributed by atoms with van der Waals surface area (Å²) in [4.78, 5) is 25.4. The Morgan fingerprint density at radius 3 is 2.61 bits per heavy atom. The molecule has 0 aliphatic carbocycles. The molecule has 28 heavy (non-hydrogen) atoms. The van der Waals surface area contributed by atoms with Gasteiger partial charge in [-0.05, 0) is 32.9 Å². The highest BCUT2D eigenvalue weighted by Gasteiger charge is 2.35. The van der Waals surface area contributed by atoms with E-state index in [0.717, 1.165) is 6.26 Å². The Morgan fingerprint density at radius 1 is 1.36 bits per heavy atom. The van der Waals surface area contributed by atoms with Crippen molar-refractivity contribution in [2.75, 3.05) is 24.3 Å². The van der Waals surface area contributed by atoms with E-state index in [1.807, 2.05) is 0 Å². The first-order valence-electron chi connectivity index (χ1n) is 8.36. The molecule has 1 heterocycles. The predicted molar refractivity (Wildman–Crippen MR) is 101 cm³/mol. The Labute approximate surface area is 163 Å². The molecule has 11 heteroatoms. The number of rotatable bonds is 5. The van der Waals surface area contributed by atoms with E-state index >= 15 is 0 Å². The van der Waals surface area contributed by atoms with Gasteiger partial charge in [-0.3, -0.25) is 19.8 Å². The maximum atomic E-state index is 12.2. The number of benzene rings is 1. The number of nitrogens with zero attached hydrogens (tertiary/aromatic N) is 1. The smallest absolute Gasteiger partial charge is 0.414 e. The van der Waals surface area contributed by atoms with Crippen LogP contribution in [0.2, 0.25) is 0 Å². The van der Waals surface area contributed by atoms with Crippen molar-refractivity contribution in [2.45, 2.75) is 32.5 Å². The highest BCUT2D eigenvalue weighted by Crippen LogP contribution is 2.26. The van der Waals surface area contributed by atoms with E-state index in [2.05, 4.69) is 9.50 Å². The third kappa shape index (κ3) is 6.20. The van der Waals surface area contributed by atoms with E-state index in [1.54, 1.807) is 45.0 Å². The lowest BCUT2D eigenvalue weighted by atomic mass is 10.1. The van der Waals surface area contributed by atoms with Gasteiger partial charge in [0.05, 0.1) is 18.5 Å². The van der Waals surface area contributed by atoms with Crippen LogP contribution in [-0.4, -0.2) is 57.6 Å². The molecule has 1 aliphatic rings. The largest absolute Gasteiger partial charge is 0.444 e. The topological polar surface area (TPSA) is 135 Å². The molecule has 10 nitrogen and oxygen atoms in total. The van der Waals surface area contributed by atoms with Crippen LogP contribution in [0, 0.1) is 5.41 Å². The van der Waals surface area contributed by atoms with Crippen molar-refractivity contribution < 1.29 is 31.7 Å². The third-order valence-electron chi connectivity index (χ3n) is 3.43. The maximum Gasteiger partial charge on any atom is 0.414 e. The Morgan fingerprint density at radius 2 is 2.00 bits per heavy atom. The Bertz CT molecular complexity index is 877. The summed E-state index contributed by atoms with van der Waals surface area (Å²) in [6, 6.07) is 6.45. The molecule has 1 aromatic rings. The Balaban J connectivity index is 2.14. The predicted octanol–water partition coefficient (Wildman–Crippen LogP) is 1.84. The molecular weight excluding hydrogens is 390 g/mol. The number of amides is 2. The minimum atomic E-state index is -3.67. The molecule has 0 radical (unpaired) electrons. The van der Waals surface area contributed by atoms with Crippen LogP contribution in [-0.2, 0) is 23.8 Å². The third-order valence-corrected chi connectivity index (χ3v) is 4.00. The Hall–Kier alpha value is -2.66. The molecule has 0 aromatic heterocycles. The van der Waals surface area contributed by atoms with Crippen LogP contribution in [0.1, 0.15) is 26.3 Å². The zero-order chi connectivity index (χ0) is 21.1. The van der Waals surface area contributed by atoms with E-state index < -0.39 is 34.0 Å². The van der Waals surface area contributed by atoms with Crippen LogP contribution < -0.4 is 10.2 Å². The number of nitrogens with one attached hydrogen (secondary N) is 2. The van der Waals surface area contributed by atoms with Crippen molar-refractivity contribution in [1.29, 1.82) is 5.41 Å². The molecule has 154 valence electrons. The van der Waals surface area contributed by atoms with Gasteiger partial charge in [-0.15, -0.1) is 0 Å². The minimum absolute atomic E-state index is 0.0328. The average Bonchev–Trinajstić information content (AvgIpc) is 2.91. The summed E-state index contributed by atoms with van der Waals surface area (Å²) in [6.45, 7) is 4.82. The fraction of sp³-hybridized carbons (Fsp3) is 0.471. The van der Waals surface area contributed by atoms with Gasteiger partial charge in [0.15, 0.2) is 0 Å². The second-order valence-electron chi connectivity index (χ2n) is 7.12. The SMILES string of the molecule is CC(C)(C)OC(=O)NC(=N)c1ccccc1N1CC(COS(C)(=O)=O)OC1=O. The molecule has 0 spiro atoms. The fourth-order valence-corrected chi connectivity index (χ4v) is 2.80. The van der Waals surface area contributed by atoms with E-state index in [4.69, 9.17) is 14.9 Å². The first-order valence-corrected chi connectivity index (χ1v) is 10.2. The van der Waals surface area contributed by atoms with Crippen LogP contribution in [0.5, 0.6) is 0 Å². The summed E-state index contributed by atoms with van der Waals surface area (Å²) in [5, 5.41) is 10.5. The van der Waals surface area contributed by atoms with Gasteiger partial charge in [-0.1, -0.05) is 12.1 Å². The normalized spacial score (nSPS) is 17.2. The quantitative estimate of drug-likeness (QED) is 0.427. The summed E-state index contributed by atoms with van der Waals surface area (Å²) in [6.07, 6.45) is -1.39. The number of anilines is 1. The standard InChI is InChI=1S/C17H23N3O7S/c1-17(2,3)27-15(21)19-14(18)12-7-5-6-8-13(12)20-9-11(26-16(20)22)10-25-28(4,23)24/h5-8,11H,9-10H2,1-4H3,(H2,18,19,21). The summed E-state index contributed by atoms with van der Waals surface area (Å²) in [7, 11) is -3.67. The van der Waals surface area contributed by atoms with Crippen LogP contribution in [0.15, 0.2) is 24.3 Å². The van der Waals surface area contributed by atoms with E-state index in [0.29, 0.717) is 5.69 Å². The molecule has 1 unspecified atom stereocenters. The van der Waals surface area contributed by atoms with Crippen LogP contribution in [0.3, 0.4) is 0 Å². The first kappa shape index (κ1) is 21.6. The molecule has 1 aromatic carbocycles. The molecule has 2 rings (SSSR count). The fourth-order valence-electron chi connectivity index (χ4n) is 2.40. The molecule has 1 aliphatic heterocycles. The molecule has 1 fully saturated rings. The second-order valence-corrected chi connectivity index (χ2v) is 8.77. The van der Waals surface area contributed by atoms with Crippen molar-refractivity contribution in [3.05, 3.63) is 29.8 Å². The lowest BCUT2D eigenvalue weighted by molar-refractivity contribution is 0.0563.